The highest BCUT2D eigenvalue weighted by Crippen LogP contribution is 2.23. The Morgan fingerprint density at radius 2 is 1.54 bits per heavy atom. The predicted molar refractivity (Wildman–Crippen MR) is 97.6 cm³/mol. The van der Waals surface area contributed by atoms with Crippen LogP contribution in [-0.2, 0) is 14.2 Å². The van der Waals surface area contributed by atoms with Crippen molar-refractivity contribution in [2.45, 2.75) is 58.7 Å². The summed E-state index contributed by atoms with van der Waals surface area (Å²) >= 11 is 0. The van der Waals surface area contributed by atoms with Gasteiger partial charge in [0.05, 0.1) is 0 Å². The number of ether oxygens (including phenoxy) is 3. The molecule has 0 aromatic heterocycles. The summed E-state index contributed by atoms with van der Waals surface area (Å²) in [6, 6.07) is 6.95. The zero-order valence-electron chi connectivity index (χ0n) is 16.2. The molecular formula is C19H31NO6. The zero-order chi connectivity index (χ0) is 19.7. The Morgan fingerprint density at radius 1 is 1.04 bits per heavy atom. The number of benzene rings is 1. The van der Waals surface area contributed by atoms with Gasteiger partial charge in [-0.2, -0.15) is 0 Å². The summed E-state index contributed by atoms with van der Waals surface area (Å²) in [4.78, 5) is 11.6. The molecule has 2 atom stereocenters. The minimum absolute atomic E-state index is 0.127. The van der Waals surface area contributed by atoms with Gasteiger partial charge in [-0.15, -0.1) is 0 Å². The minimum atomic E-state index is -1.16. The molecule has 0 saturated heterocycles. The van der Waals surface area contributed by atoms with Crippen molar-refractivity contribution in [1.29, 1.82) is 0 Å². The maximum absolute atomic E-state index is 11.6. The third-order valence-corrected chi connectivity index (χ3v) is 3.41. The van der Waals surface area contributed by atoms with Gasteiger partial charge in [0.15, 0.2) is 6.29 Å². The van der Waals surface area contributed by atoms with Crippen LogP contribution in [0.1, 0.15) is 58.1 Å². The second-order valence-electron chi connectivity index (χ2n) is 6.80. The molecule has 0 spiro atoms. The van der Waals surface area contributed by atoms with Crippen LogP contribution in [-0.4, -0.2) is 47.8 Å². The largest absolute Gasteiger partial charge is 0.444 e. The summed E-state index contributed by atoms with van der Waals surface area (Å²) in [5.74, 6) is 0. The molecule has 1 aromatic rings. The Hall–Kier alpha value is -1.67. The molecule has 0 bridgehead atoms. The predicted octanol–water partition coefficient (Wildman–Crippen LogP) is 2.68. The van der Waals surface area contributed by atoms with Gasteiger partial charge in [-0.1, -0.05) is 24.3 Å². The molecule has 0 fully saturated rings. The van der Waals surface area contributed by atoms with E-state index in [0.29, 0.717) is 18.8 Å². The highest BCUT2D eigenvalue weighted by Gasteiger charge is 2.22. The highest BCUT2D eigenvalue weighted by atomic mass is 16.7. The lowest BCUT2D eigenvalue weighted by Gasteiger charge is -2.22. The van der Waals surface area contributed by atoms with Crippen molar-refractivity contribution in [2.24, 2.45) is 0 Å². The first-order valence-corrected chi connectivity index (χ1v) is 8.84. The Morgan fingerprint density at radius 3 is 2.00 bits per heavy atom. The SMILES string of the molecule is CCOC(OCC)c1ccc(C(O)C(O)CNC(=O)OC(C)(C)C)cc1. The van der Waals surface area contributed by atoms with Crippen molar-refractivity contribution >= 4 is 6.09 Å². The molecule has 2 unspecified atom stereocenters. The van der Waals surface area contributed by atoms with Crippen LogP contribution in [0.5, 0.6) is 0 Å². The molecule has 26 heavy (non-hydrogen) atoms. The van der Waals surface area contributed by atoms with E-state index in [1.807, 2.05) is 13.8 Å². The van der Waals surface area contributed by atoms with Gasteiger partial charge in [0.25, 0.3) is 0 Å². The fraction of sp³-hybridized carbons (Fsp3) is 0.632. The van der Waals surface area contributed by atoms with E-state index in [-0.39, 0.29) is 6.54 Å². The Bertz CT molecular complexity index is 534. The van der Waals surface area contributed by atoms with E-state index in [1.54, 1.807) is 45.0 Å². The molecule has 0 aliphatic heterocycles. The lowest BCUT2D eigenvalue weighted by molar-refractivity contribution is -0.140. The van der Waals surface area contributed by atoms with Crippen LogP contribution in [0.3, 0.4) is 0 Å². The van der Waals surface area contributed by atoms with E-state index in [4.69, 9.17) is 14.2 Å². The van der Waals surface area contributed by atoms with Crippen molar-refractivity contribution < 1.29 is 29.2 Å². The Balaban J connectivity index is 2.63. The molecule has 1 aromatic carbocycles. The third-order valence-electron chi connectivity index (χ3n) is 3.41. The topological polar surface area (TPSA) is 97.3 Å². The van der Waals surface area contributed by atoms with Crippen LogP contribution in [0, 0.1) is 0 Å². The number of nitrogens with one attached hydrogen (secondary N) is 1. The van der Waals surface area contributed by atoms with Crippen molar-refractivity contribution in [3.8, 4) is 0 Å². The lowest BCUT2D eigenvalue weighted by Crippen LogP contribution is -2.38. The number of rotatable bonds is 9. The molecule has 1 rings (SSSR count). The van der Waals surface area contributed by atoms with Crippen LogP contribution >= 0.6 is 0 Å². The number of hydrogen-bond acceptors (Lipinski definition) is 6. The molecule has 7 heteroatoms. The molecule has 1 amide bonds. The summed E-state index contributed by atoms with van der Waals surface area (Å²) in [6.45, 7) is 9.93. The van der Waals surface area contributed by atoms with Crippen molar-refractivity contribution in [3.05, 3.63) is 35.4 Å². The molecule has 3 N–H and O–H groups in total. The standard InChI is InChI=1S/C19H31NO6/c1-6-24-17(25-7-2)14-10-8-13(9-11-14)16(22)15(21)12-20-18(23)26-19(3,4)5/h8-11,15-17,21-22H,6-7,12H2,1-5H3,(H,20,23). The monoisotopic (exact) mass is 369 g/mol. The van der Waals surface area contributed by atoms with Crippen molar-refractivity contribution in [1.82, 2.24) is 5.32 Å². The second kappa shape index (κ2) is 10.5. The average Bonchev–Trinajstić information content (AvgIpc) is 2.57. The van der Waals surface area contributed by atoms with E-state index in [9.17, 15) is 15.0 Å². The average molecular weight is 369 g/mol. The van der Waals surface area contributed by atoms with Crippen molar-refractivity contribution in [2.75, 3.05) is 19.8 Å². The van der Waals surface area contributed by atoms with E-state index < -0.39 is 30.2 Å². The third kappa shape index (κ3) is 7.70. The van der Waals surface area contributed by atoms with Gasteiger partial charge in [0.1, 0.15) is 17.8 Å². The number of aliphatic hydroxyl groups is 2. The Labute approximate surface area is 155 Å². The van der Waals surface area contributed by atoms with Gasteiger partial charge in [-0.25, -0.2) is 4.79 Å². The normalized spacial score (nSPS) is 14.2. The molecule has 0 aliphatic rings. The molecule has 0 radical (unpaired) electrons. The summed E-state index contributed by atoms with van der Waals surface area (Å²) in [6.07, 6.45) is -3.41. The van der Waals surface area contributed by atoms with E-state index >= 15 is 0 Å². The van der Waals surface area contributed by atoms with Crippen LogP contribution < -0.4 is 5.32 Å². The second-order valence-corrected chi connectivity index (χ2v) is 6.80. The number of carbonyl (C=O) groups excluding carboxylic acids is 1. The first kappa shape index (κ1) is 22.4. The molecule has 148 valence electrons. The minimum Gasteiger partial charge on any atom is -0.444 e. The quantitative estimate of drug-likeness (QED) is 0.579. The number of amides is 1. The van der Waals surface area contributed by atoms with Crippen LogP contribution in [0.2, 0.25) is 0 Å². The summed E-state index contributed by atoms with van der Waals surface area (Å²) < 4.78 is 16.1. The van der Waals surface area contributed by atoms with Gasteiger partial charge in [0.2, 0.25) is 0 Å². The number of aliphatic hydroxyl groups excluding tert-OH is 2. The summed E-state index contributed by atoms with van der Waals surface area (Å²) in [5.41, 5.74) is 0.728. The first-order valence-electron chi connectivity index (χ1n) is 8.84. The molecular weight excluding hydrogens is 338 g/mol. The van der Waals surface area contributed by atoms with Gasteiger partial charge in [-0.05, 0) is 40.2 Å². The zero-order valence-corrected chi connectivity index (χ0v) is 16.2. The summed E-state index contributed by atoms with van der Waals surface area (Å²) in [5, 5.41) is 22.8. The first-order chi connectivity index (χ1) is 12.2. The van der Waals surface area contributed by atoms with Gasteiger partial charge in [-0.3, -0.25) is 0 Å². The maximum atomic E-state index is 11.6. The number of hydrogen-bond donors (Lipinski definition) is 3. The Kier molecular flexibility index (Phi) is 9.01. The molecule has 0 heterocycles. The van der Waals surface area contributed by atoms with Crippen molar-refractivity contribution in [3.63, 3.8) is 0 Å². The maximum Gasteiger partial charge on any atom is 0.407 e. The summed E-state index contributed by atoms with van der Waals surface area (Å²) in [7, 11) is 0. The van der Waals surface area contributed by atoms with Crippen LogP contribution in [0.4, 0.5) is 4.79 Å². The molecule has 0 aliphatic carbocycles. The van der Waals surface area contributed by atoms with Gasteiger partial charge < -0.3 is 29.7 Å². The molecule has 0 saturated carbocycles. The van der Waals surface area contributed by atoms with E-state index in [2.05, 4.69) is 5.32 Å². The smallest absolute Gasteiger partial charge is 0.407 e. The molecule has 7 nitrogen and oxygen atoms in total. The fourth-order valence-corrected chi connectivity index (χ4v) is 2.23. The number of carbonyl (C=O) groups is 1. The van der Waals surface area contributed by atoms with Crippen LogP contribution in [0.15, 0.2) is 24.3 Å². The van der Waals surface area contributed by atoms with E-state index in [1.165, 1.54) is 0 Å². The lowest BCUT2D eigenvalue weighted by atomic mass is 10.0. The number of alkyl carbamates (subject to hydrolysis) is 1. The van der Waals surface area contributed by atoms with Crippen LogP contribution in [0.25, 0.3) is 0 Å². The highest BCUT2D eigenvalue weighted by molar-refractivity contribution is 5.67. The fourth-order valence-electron chi connectivity index (χ4n) is 2.23. The van der Waals surface area contributed by atoms with E-state index in [0.717, 1.165) is 5.56 Å². The van der Waals surface area contributed by atoms with Gasteiger partial charge >= 0.3 is 6.09 Å². The van der Waals surface area contributed by atoms with Gasteiger partial charge in [0, 0.05) is 25.3 Å².